The lowest BCUT2D eigenvalue weighted by molar-refractivity contribution is -0.136. The van der Waals surface area contributed by atoms with Gasteiger partial charge in [-0.1, -0.05) is 18.2 Å². The van der Waals surface area contributed by atoms with Gasteiger partial charge in [0.1, 0.15) is 16.4 Å². The fourth-order valence-electron chi connectivity index (χ4n) is 2.60. The summed E-state index contributed by atoms with van der Waals surface area (Å²) in [4.78, 5) is 14.4. The van der Waals surface area contributed by atoms with Crippen molar-refractivity contribution in [3.8, 4) is 0 Å². The van der Waals surface area contributed by atoms with Crippen LogP contribution in [0.2, 0.25) is 0 Å². The molecule has 6 heteroatoms. The minimum atomic E-state index is -3.11. The molecular formula is C17H24N2O3S. The number of sulfone groups is 1. The number of hydrogen-bond acceptors (Lipinski definition) is 3. The lowest BCUT2D eigenvalue weighted by atomic mass is 10.1. The topological polar surface area (TPSA) is 59.4 Å². The molecule has 2 aromatic rings. The maximum atomic E-state index is 12.7. The van der Waals surface area contributed by atoms with Gasteiger partial charge in [-0.25, -0.2) is 8.42 Å². The first-order valence-corrected chi connectivity index (χ1v) is 9.66. The van der Waals surface area contributed by atoms with Gasteiger partial charge in [0.2, 0.25) is 5.91 Å². The van der Waals surface area contributed by atoms with Crippen LogP contribution in [-0.4, -0.2) is 47.9 Å². The molecule has 0 atom stereocenters. The molecule has 5 nitrogen and oxygen atoms in total. The van der Waals surface area contributed by atoms with Gasteiger partial charge in [0, 0.05) is 30.1 Å². The molecule has 1 heterocycles. The number of rotatable bonds is 5. The summed E-state index contributed by atoms with van der Waals surface area (Å²) in [6.07, 6.45) is 3.08. The Hall–Kier alpha value is -1.82. The molecule has 1 aromatic carbocycles. The van der Waals surface area contributed by atoms with Crippen LogP contribution in [0.15, 0.2) is 36.5 Å². The smallest absolute Gasteiger partial charge is 0.242 e. The standard InChI is InChI=1S/C17H24N2O3S/c1-17(2,3)19(11-12-23(4,21)22)16(20)13-18-10-9-14-7-5-6-8-15(14)18/h5-10H,11-13H2,1-4H3. The van der Waals surface area contributed by atoms with Crippen molar-refractivity contribution in [3.63, 3.8) is 0 Å². The number of carbonyl (C=O) groups is 1. The Bertz CT molecular complexity index is 801. The molecule has 0 radical (unpaired) electrons. The van der Waals surface area contributed by atoms with Gasteiger partial charge in [0.25, 0.3) is 0 Å². The quantitative estimate of drug-likeness (QED) is 0.842. The zero-order valence-electron chi connectivity index (χ0n) is 14.1. The number of benzene rings is 1. The van der Waals surface area contributed by atoms with Gasteiger partial charge in [0.05, 0.1) is 5.75 Å². The molecule has 0 bridgehead atoms. The molecule has 0 spiro atoms. The number of fused-ring (bicyclic) bond motifs is 1. The summed E-state index contributed by atoms with van der Waals surface area (Å²) in [5, 5.41) is 1.08. The lowest BCUT2D eigenvalue weighted by Crippen LogP contribution is -2.48. The summed E-state index contributed by atoms with van der Waals surface area (Å²) in [5.41, 5.74) is 0.572. The average molecular weight is 336 g/mol. The van der Waals surface area contributed by atoms with E-state index in [-0.39, 0.29) is 24.7 Å². The zero-order valence-corrected chi connectivity index (χ0v) is 14.9. The van der Waals surface area contributed by atoms with Gasteiger partial charge in [-0.3, -0.25) is 4.79 Å². The van der Waals surface area contributed by atoms with Crippen LogP contribution in [-0.2, 0) is 21.2 Å². The van der Waals surface area contributed by atoms with Crippen LogP contribution in [0.1, 0.15) is 20.8 Å². The first kappa shape index (κ1) is 17.5. The second-order valence-electron chi connectivity index (χ2n) is 6.85. The third-order valence-corrected chi connectivity index (χ3v) is 4.71. The fraction of sp³-hybridized carbons (Fsp3) is 0.471. The summed E-state index contributed by atoms with van der Waals surface area (Å²) in [7, 11) is -3.11. The van der Waals surface area contributed by atoms with E-state index < -0.39 is 15.4 Å². The number of aromatic nitrogens is 1. The third kappa shape index (κ3) is 4.58. The van der Waals surface area contributed by atoms with Crippen LogP contribution in [0.4, 0.5) is 0 Å². The van der Waals surface area contributed by atoms with Crippen molar-refractivity contribution in [3.05, 3.63) is 36.5 Å². The predicted octanol–water partition coefficient (Wildman–Crippen LogP) is 2.31. The fourth-order valence-corrected chi connectivity index (χ4v) is 3.12. The number of nitrogens with zero attached hydrogens (tertiary/aromatic N) is 2. The monoisotopic (exact) mass is 336 g/mol. The molecule has 0 aliphatic heterocycles. The molecule has 0 saturated carbocycles. The number of para-hydroxylation sites is 1. The first-order chi connectivity index (χ1) is 10.6. The van der Waals surface area contributed by atoms with Crippen molar-refractivity contribution >= 4 is 26.6 Å². The Morgan fingerprint density at radius 1 is 1.17 bits per heavy atom. The van der Waals surface area contributed by atoms with Crippen LogP contribution in [0.5, 0.6) is 0 Å². The Labute approximate surface area is 137 Å². The number of amides is 1. The highest BCUT2D eigenvalue weighted by Gasteiger charge is 2.27. The van der Waals surface area contributed by atoms with Crippen molar-refractivity contribution in [2.24, 2.45) is 0 Å². The largest absolute Gasteiger partial charge is 0.338 e. The van der Waals surface area contributed by atoms with E-state index in [0.717, 1.165) is 10.9 Å². The second-order valence-corrected chi connectivity index (χ2v) is 9.11. The van der Waals surface area contributed by atoms with Crippen LogP contribution < -0.4 is 0 Å². The molecule has 0 saturated heterocycles. The van der Waals surface area contributed by atoms with E-state index in [1.165, 1.54) is 6.26 Å². The number of carbonyl (C=O) groups excluding carboxylic acids is 1. The van der Waals surface area contributed by atoms with E-state index in [2.05, 4.69) is 0 Å². The summed E-state index contributed by atoms with van der Waals surface area (Å²) >= 11 is 0. The first-order valence-electron chi connectivity index (χ1n) is 7.60. The minimum Gasteiger partial charge on any atom is -0.338 e. The van der Waals surface area contributed by atoms with E-state index in [1.807, 2.05) is 61.9 Å². The van der Waals surface area contributed by atoms with Crippen LogP contribution >= 0.6 is 0 Å². The Morgan fingerprint density at radius 2 is 1.83 bits per heavy atom. The minimum absolute atomic E-state index is 0.0254. The molecule has 0 unspecified atom stereocenters. The zero-order chi connectivity index (χ0) is 17.3. The van der Waals surface area contributed by atoms with Crippen molar-refractivity contribution in [1.29, 1.82) is 0 Å². The average Bonchev–Trinajstić information content (AvgIpc) is 2.79. The molecular weight excluding hydrogens is 312 g/mol. The van der Waals surface area contributed by atoms with Gasteiger partial charge < -0.3 is 9.47 Å². The summed E-state index contributed by atoms with van der Waals surface area (Å²) in [5.74, 6) is -0.106. The van der Waals surface area contributed by atoms with Crippen molar-refractivity contribution in [1.82, 2.24) is 9.47 Å². The van der Waals surface area contributed by atoms with Crippen molar-refractivity contribution in [2.45, 2.75) is 32.9 Å². The van der Waals surface area contributed by atoms with E-state index in [1.54, 1.807) is 4.90 Å². The normalized spacial score (nSPS) is 12.5. The van der Waals surface area contributed by atoms with E-state index in [0.29, 0.717) is 0 Å². The summed E-state index contributed by atoms with van der Waals surface area (Å²) in [6.45, 7) is 6.16. The molecule has 1 amide bonds. The molecule has 2 rings (SSSR count). The Balaban J connectivity index is 2.20. The van der Waals surface area contributed by atoms with Crippen LogP contribution in [0.3, 0.4) is 0 Å². The van der Waals surface area contributed by atoms with Crippen LogP contribution in [0.25, 0.3) is 10.9 Å². The Kier molecular flexibility index (Phi) is 4.84. The molecule has 0 aliphatic rings. The second kappa shape index (κ2) is 6.35. The molecule has 23 heavy (non-hydrogen) atoms. The maximum absolute atomic E-state index is 12.7. The van der Waals surface area contributed by atoms with E-state index >= 15 is 0 Å². The van der Waals surface area contributed by atoms with Crippen molar-refractivity contribution in [2.75, 3.05) is 18.6 Å². The van der Waals surface area contributed by atoms with Gasteiger partial charge in [0.15, 0.2) is 0 Å². The van der Waals surface area contributed by atoms with Gasteiger partial charge in [-0.05, 0) is 38.3 Å². The van der Waals surface area contributed by atoms with Gasteiger partial charge in [-0.15, -0.1) is 0 Å². The van der Waals surface area contributed by atoms with Gasteiger partial charge in [-0.2, -0.15) is 0 Å². The number of hydrogen-bond donors (Lipinski definition) is 0. The Morgan fingerprint density at radius 3 is 2.43 bits per heavy atom. The molecule has 1 aromatic heterocycles. The maximum Gasteiger partial charge on any atom is 0.242 e. The highest BCUT2D eigenvalue weighted by molar-refractivity contribution is 7.90. The third-order valence-electron chi connectivity index (χ3n) is 3.78. The van der Waals surface area contributed by atoms with Crippen molar-refractivity contribution < 1.29 is 13.2 Å². The summed E-state index contributed by atoms with van der Waals surface area (Å²) in [6, 6.07) is 9.85. The highest BCUT2D eigenvalue weighted by atomic mass is 32.2. The molecule has 126 valence electrons. The van der Waals surface area contributed by atoms with Crippen LogP contribution in [0, 0.1) is 0 Å². The molecule has 0 N–H and O–H groups in total. The SMILES string of the molecule is CC(C)(C)N(CCS(C)(=O)=O)C(=O)Cn1ccc2ccccc21. The lowest BCUT2D eigenvalue weighted by Gasteiger charge is -2.35. The summed E-state index contributed by atoms with van der Waals surface area (Å²) < 4.78 is 24.8. The van der Waals surface area contributed by atoms with E-state index in [4.69, 9.17) is 0 Å². The van der Waals surface area contributed by atoms with E-state index in [9.17, 15) is 13.2 Å². The molecule has 0 aliphatic carbocycles. The van der Waals surface area contributed by atoms with Gasteiger partial charge >= 0.3 is 0 Å². The molecule has 0 fully saturated rings. The highest BCUT2D eigenvalue weighted by Crippen LogP contribution is 2.18. The predicted molar refractivity (Wildman–Crippen MR) is 93.1 cm³/mol.